The summed E-state index contributed by atoms with van der Waals surface area (Å²) in [6.45, 7) is 0. The molecule has 0 spiro atoms. The second kappa shape index (κ2) is 15.1. The van der Waals surface area contributed by atoms with Crippen LogP contribution in [0, 0.1) is 22.7 Å². The van der Waals surface area contributed by atoms with Gasteiger partial charge >= 0.3 is 0 Å². The highest BCUT2D eigenvalue weighted by molar-refractivity contribution is 6.14. The molecule has 10 aromatic carbocycles. The molecule has 0 aliphatic carbocycles. The van der Waals surface area contributed by atoms with Crippen LogP contribution in [0.2, 0.25) is 0 Å². The van der Waals surface area contributed by atoms with Crippen LogP contribution in [-0.2, 0) is 0 Å². The summed E-state index contributed by atoms with van der Waals surface area (Å²) in [7, 11) is 0. The first-order valence-corrected chi connectivity index (χ1v) is 22.5. The topological polar surface area (TPSA) is 62.4 Å². The Morgan fingerprint density at radius 1 is 0.269 bits per heavy atom. The number of para-hydroxylation sites is 4. The van der Waals surface area contributed by atoms with Gasteiger partial charge in [-0.2, -0.15) is 10.5 Å². The van der Waals surface area contributed by atoms with E-state index in [1.165, 1.54) is 21.5 Å². The minimum Gasteiger partial charge on any atom is -0.309 e. The van der Waals surface area contributed by atoms with Gasteiger partial charge in [0.05, 0.1) is 44.2 Å². The summed E-state index contributed by atoms with van der Waals surface area (Å²) < 4.78 is 7.21. The molecule has 0 saturated heterocycles. The number of fused-ring (bicyclic) bond motifs is 9. The van der Waals surface area contributed by atoms with Crippen LogP contribution in [0.3, 0.4) is 0 Å². The summed E-state index contributed by atoms with van der Waals surface area (Å²) in [5.74, 6) is 0. The van der Waals surface area contributed by atoms with Crippen molar-refractivity contribution in [2.45, 2.75) is 0 Å². The maximum absolute atomic E-state index is 10.2. The molecule has 5 heteroatoms. The van der Waals surface area contributed by atoms with Gasteiger partial charge < -0.3 is 13.7 Å². The molecular formula is C62H37N5. The molecule has 0 saturated carbocycles. The lowest BCUT2D eigenvalue weighted by Gasteiger charge is -2.20. The Balaban J connectivity index is 1.14. The summed E-state index contributed by atoms with van der Waals surface area (Å²) in [4.78, 5) is 0. The summed E-state index contributed by atoms with van der Waals surface area (Å²) in [5, 5.41) is 27.3. The Kier molecular flexibility index (Phi) is 8.58. The number of nitrogens with zero attached hydrogens (tertiary/aromatic N) is 5. The van der Waals surface area contributed by atoms with Crippen LogP contribution in [0.15, 0.2) is 224 Å². The van der Waals surface area contributed by atoms with E-state index in [1.807, 2.05) is 24.3 Å². The average molecular weight is 852 g/mol. The quantitative estimate of drug-likeness (QED) is 0.167. The Hall–Kier alpha value is -9.42. The van der Waals surface area contributed by atoms with Crippen LogP contribution in [0.4, 0.5) is 0 Å². The lowest BCUT2D eigenvalue weighted by Crippen LogP contribution is -2.00. The number of hydrogen-bond donors (Lipinski definition) is 0. The zero-order valence-electron chi connectivity index (χ0n) is 36.1. The number of hydrogen-bond acceptors (Lipinski definition) is 2. The van der Waals surface area contributed by atoms with Crippen LogP contribution in [0.5, 0.6) is 0 Å². The van der Waals surface area contributed by atoms with E-state index in [0.29, 0.717) is 11.1 Å². The first-order chi connectivity index (χ1) is 33.2. The molecule has 0 bridgehead atoms. The predicted molar refractivity (Wildman–Crippen MR) is 275 cm³/mol. The molecule has 310 valence electrons. The molecule has 0 amide bonds. The molecule has 67 heavy (non-hydrogen) atoms. The van der Waals surface area contributed by atoms with Gasteiger partial charge in [-0.3, -0.25) is 0 Å². The van der Waals surface area contributed by atoms with E-state index in [0.717, 1.165) is 94.3 Å². The highest BCUT2D eigenvalue weighted by Gasteiger charge is 2.23. The molecule has 0 unspecified atom stereocenters. The molecule has 0 N–H and O–H groups in total. The lowest BCUT2D eigenvalue weighted by molar-refractivity contribution is 1.16. The van der Waals surface area contributed by atoms with Crippen molar-refractivity contribution in [2.75, 3.05) is 0 Å². The summed E-state index contributed by atoms with van der Waals surface area (Å²) in [6, 6.07) is 84.2. The summed E-state index contributed by atoms with van der Waals surface area (Å²) in [5.41, 5.74) is 16.7. The molecule has 0 fully saturated rings. The minimum atomic E-state index is 0.350. The van der Waals surface area contributed by atoms with Gasteiger partial charge in [-0.05, 0) is 118 Å². The zero-order valence-corrected chi connectivity index (χ0v) is 36.1. The molecule has 0 aliphatic heterocycles. The third kappa shape index (κ3) is 5.86. The second-order valence-electron chi connectivity index (χ2n) is 17.1. The third-order valence-electron chi connectivity index (χ3n) is 13.5. The fourth-order valence-electron chi connectivity index (χ4n) is 10.6. The van der Waals surface area contributed by atoms with E-state index >= 15 is 0 Å². The van der Waals surface area contributed by atoms with Crippen molar-refractivity contribution in [3.05, 3.63) is 236 Å². The average Bonchev–Trinajstić information content (AvgIpc) is 4.04. The maximum atomic E-state index is 10.2. The summed E-state index contributed by atoms with van der Waals surface area (Å²) in [6.07, 6.45) is 0. The van der Waals surface area contributed by atoms with Crippen molar-refractivity contribution in [1.29, 1.82) is 10.5 Å². The highest BCUT2D eigenvalue weighted by atomic mass is 15.0. The zero-order chi connectivity index (χ0) is 44.6. The molecule has 5 nitrogen and oxygen atoms in total. The highest BCUT2D eigenvalue weighted by Crippen LogP contribution is 2.45. The molecule has 3 aromatic heterocycles. The Labute approximate surface area is 386 Å². The van der Waals surface area contributed by atoms with Crippen molar-refractivity contribution in [1.82, 2.24) is 13.7 Å². The molecular weight excluding hydrogens is 815 g/mol. The van der Waals surface area contributed by atoms with Gasteiger partial charge in [0.15, 0.2) is 0 Å². The number of benzene rings is 10. The fourth-order valence-corrected chi connectivity index (χ4v) is 10.6. The third-order valence-corrected chi connectivity index (χ3v) is 13.5. The van der Waals surface area contributed by atoms with Crippen LogP contribution in [0.1, 0.15) is 11.1 Å². The van der Waals surface area contributed by atoms with Crippen molar-refractivity contribution in [2.24, 2.45) is 0 Å². The van der Waals surface area contributed by atoms with E-state index in [9.17, 15) is 10.5 Å². The number of aromatic nitrogens is 3. The van der Waals surface area contributed by atoms with Gasteiger partial charge in [0.2, 0.25) is 0 Å². The number of rotatable bonds is 6. The Bertz CT molecular complexity index is 3890. The standard InChI is InChI=1S/C62H37N5/c63-38-43-28-27-42(33-44(43)39-64)62-52(40-15-3-1-4-16-40)36-47(37-53(62)41-17-5-2-6-18-41)67-60-31-29-45(65-56-23-11-7-19-48(56)49-20-8-12-24-57(49)65)34-54(60)55-35-46(30-32-61(55)67)66-58-25-13-9-21-50(58)51-22-10-14-26-59(51)66/h1-37H. The van der Waals surface area contributed by atoms with Crippen molar-refractivity contribution in [3.63, 3.8) is 0 Å². The van der Waals surface area contributed by atoms with Crippen LogP contribution in [0.25, 0.3) is 116 Å². The van der Waals surface area contributed by atoms with Crippen LogP contribution in [-0.4, -0.2) is 13.7 Å². The smallest absolute Gasteiger partial charge is 0.101 e. The lowest BCUT2D eigenvalue weighted by atomic mass is 9.86. The van der Waals surface area contributed by atoms with Gasteiger partial charge in [0.1, 0.15) is 12.1 Å². The minimum absolute atomic E-state index is 0.350. The van der Waals surface area contributed by atoms with Gasteiger partial charge in [-0.25, -0.2) is 0 Å². The molecule has 0 radical (unpaired) electrons. The maximum Gasteiger partial charge on any atom is 0.101 e. The molecule has 0 atom stereocenters. The van der Waals surface area contributed by atoms with Gasteiger partial charge in [-0.1, -0.05) is 140 Å². The largest absolute Gasteiger partial charge is 0.309 e. The SMILES string of the molecule is N#Cc1ccc(-c2c(-c3ccccc3)cc(-n3c4ccc(-n5c6ccccc6c6ccccc65)cc4c4cc(-n5c6ccccc6c6ccccc65)ccc43)cc2-c2ccccc2)cc1C#N. The molecule has 13 aromatic rings. The molecule has 0 aliphatic rings. The predicted octanol–water partition coefficient (Wildman–Crippen LogP) is 15.7. The monoisotopic (exact) mass is 851 g/mol. The van der Waals surface area contributed by atoms with E-state index in [2.05, 4.69) is 220 Å². The van der Waals surface area contributed by atoms with E-state index < -0.39 is 0 Å². The van der Waals surface area contributed by atoms with E-state index in [-0.39, 0.29) is 0 Å². The first kappa shape index (κ1) is 38.1. The van der Waals surface area contributed by atoms with E-state index in [4.69, 9.17) is 0 Å². The van der Waals surface area contributed by atoms with Gasteiger partial charge in [-0.15, -0.1) is 0 Å². The Morgan fingerprint density at radius 2 is 0.642 bits per heavy atom. The van der Waals surface area contributed by atoms with Gasteiger partial charge in [0.25, 0.3) is 0 Å². The summed E-state index contributed by atoms with van der Waals surface area (Å²) >= 11 is 0. The van der Waals surface area contributed by atoms with Gasteiger partial charge in [0, 0.05) is 49.4 Å². The van der Waals surface area contributed by atoms with Crippen molar-refractivity contribution < 1.29 is 0 Å². The Morgan fingerprint density at radius 3 is 1.06 bits per heavy atom. The first-order valence-electron chi connectivity index (χ1n) is 22.5. The van der Waals surface area contributed by atoms with E-state index in [1.54, 1.807) is 6.07 Å². The molecule has 13 rings (SSSR count). The molecule has 3 heterocycles. The normalized spacial score (nSPS) is 11.6. The number of nitriles is 2. The second-order valence-corrected chi connectivity index (χ2v) is 17.1. The van der Waals surface area contributed by atoms with Crippen LogP contribution < -0.4 is 0 Å². The van der Waals surface area contributed by atoms with Crippen LogP contribution >= 0.6 is 0 Å². The van der Waals surface area contributed by atoms with Crippen molar-refractivity contribution in [3.8, 4) is 62.6 Å². The van der Waals surface area contributed by atoms with Crippen molar-refractivity contribution >= 4 is 65.4 Å². The fraction of sp³-hybridized carbons (Fsp3) is 0.